The molecule has 8 heteroatoms. The van der Waals surface area contributed by atoms with E-state index in [1.54, 1.807) is 18.3 Å². The number of fused-ring (bicyclic) bond motifs is 1. The Kier molecular flexibility index (Phi) is 5.41. The zero-order valence-electron chi connectivity index (χ0n) is 16.9. The van der Waals surface area contributed by atoms with Crippen molar-refractivity contribution in [3.05, 3.63) is 59.8 Å². The lowest BCUT2D eigenvalue weighted by molar-refractivity contribution is -0.137. The molecular formula is C23H22F4N2O2. The summed E-state index contributed by atoms with van der Waals surface area (Å²) in [7, 11) is 0. The number of hydrogen-bond acceptors (Lipinski definition) is 2. The Morgan fingerprint density at radius 3 is 2.55 bits per heavy atom. The third kappa shape index (κ3) is 4.84. The fourth-order valence-corrected chi connectivity index (χ4v) is 3.83. The number of ether oxygens (including phenoxy) is 1. The zero-order valence-corrected chi connectivity index (χ0v) is 16.9. The maximum Gasteiger partial charge on any atom is 0.416 e. The van der Waals surface area contributed by atoms with Crippen molar-refractivity contribution in [1.82, 2.24) is 4.98 Å². The molecule has 0 saturated heterocycles. The van der Waals surface area contributed by atoms with Crippen molar-refractivity contribution in [1.29, 1.82) is 0 Å². The van der Waals surface area contributed by atoms with E-state index in [1.165, 1.54) is 19.1 Å². The van der Waals surface area contributed by atoms with E-state index >= 15 is 0 Å². The standard InChI is InChI=1S/C23H22F4N2O2/c1-22(24)11-15(12-22)21(30)29-20-13-28-19-7-6-17(10-18(19)20)31-9-8-14-2-4-16(5-3-14)23(25,26)27/h2-7,10,13,15,28H,8-9,11-12H2,1H3,(H,29,30). The van der Waals surface area contributed by atoms with Crippen LogP contribution in [0.25, 0.3) is 10.9 Å². The molecule has 1 saturated carbocycles. The molecule has 0 aliphatic heterocycles. The number of rotatable bonds is 6. The summed E-state index contributed by atoms with van der Waals surface area (Å²) in [5, 5.41) is 3.61. The second kappa shape index (κ2) is 7.90. The molecule has 4 nitrogen and oxygen atoms in total. The van der Waals surface area contributed by atoms with E-state index in [0.29, 0.717) is 24.5 Å². The highest BCUT2D eigenvalue weighted by Gasteiger charge is 2.44. The topological polar surface area (TPSA) is 54.1 Å². The van der Waals surface area contributed by atoms with Crippen LogP contribution in [-0.2, 0) is 17.4 Å². The van der Waals surface area contributed by atoms with Crippen LogP contribution < -0.4 is 10.1 Å². The van der Waals surface area contributed by atoms with E-state index in [0.717, 1.165) is 28.6 Å². The highest BCUT2D eigenvalue weighted by Crippen LogP contribution is 2.41. The fourth-order valence-electron chi connectivity index (χ4n) is 3.83. The minimum Gasteiger partial charge on any atom is -0.493 e. The molecule has 2 N–H and O–H groups in total. The first-order valence-electron chi connectivity index (χ1n) is 10.0. The summed E-state index contributed by atoms with van der Waals surface area (Å²) in [6, 6.07) is 10.4. The minimum atomic E-state index is -4.35. The van der Waals surface area contributed by atoms with Crippen LogP contribution >= 0.6 is 0 Å². The molecular weight excluding hydrogens is 412 g/mol. The van der Waals surface area contributed by atoms with Gasteiger partial charge in [0.05, 0.1) is 17.9 Å². The van der Waals surface area contributed by atoms with Gasteiger partial charge in [-0.1, -0.05) is 12.1 Å². The van der Waals surface area contributed by atoms with Gasteiger partial charge in [-0.2, -0.15) is 13.2 Å². The molecule has 0 unspecified atom stereocenters. The van der Waals surface area contributed by atoms with E-state index in [2.05, 4.69) is 10.3 Å². The summed E-state index contributed by atoms with van der Waals surface area (Å²) >= 11 is 0. The quantitative estimate of drug-likeness (QED) is 0.476. The first kappa shape index (κ1) is 21.2. The van der Waals surface area contributed by atoms with Crippen molar-refractivity contribution < 1.29 is 27.1 Å². The summed E-state index contributed by atoms with van der Waals surface area (Å²) in [5.41, 5.74) is 0.206. The number of aromatic amines is 1. The molecule has 164 valence electrons. The average Bonchev–Trinajstić information content (AvgIpc) is 3.08. The number of halogens is 4. The van der Waals surface area contributed by atoms with Crippen molar-refractivity contribution in [3.8, 4) is 5.75 Å². The first-order valence-corrected chi connectivity index (χ1v) is 10.0. The van der Waals surface area contributed by atoms with Gasteiger partial charge in [0.25, 0.3) is 0 Å². The summed E-state index contributed by atoms with van der Waals surface area (Å²) in [6.07, 6.45) is -1.77. The Hall–Kier alpha value is -3.03. The summed E-state index contributed by atoms with van der Waals surface area (Å²) < 4.78 is 57.3. The Labute approximate surface area is 176 Å². The molecule has 0 radical (unpaired) electrons. The lowest BCUT2D eigenvalue weighted by Gasteiger charge is -2.37. The van der Waals surface area contributed by atoms with Crippen LogP contribution in [0.1, 0.15) is 30.9 Å². The fraction of sp³-hybridized carbons (Fsp3) is 0.348. The van der Waals surface area contributed by atoms with Crippen molar-refractivity contribution >= 4 is 22.5 Å². The van der Waals surface area contributed by atoms with Crippen molar-refractivity contribution in [2.75, 3.05) is 11.9 Å². The Morgan fingerprint density at radius 1 is 1.19 bits per heavy atom. The maximum absolute atomic E-state index is 13.7. The van der Waals surface area contributed by atoms with Gasteiger partial charge in [0.2, 0.25) is 5.91 Å². The van der Waals surface area contributed by atoms with E-state index in [4.69, 9.17) is 4.74 Å². The van der Waals surface area contributed by atoms with Crippen molar-refractivity contribution in [3.63, 3.8) is 0 Å². The van der Waals surface area contributed by atoms with Crippen molar-refractivity contribution in [2.24, 2.45) is 5.92 Å². The van der Waals surface area contributed by atoms with Gasteiger partial charge in [0.15, 0.2) is 0 Å². The lowest BCUT2D eigenvalue weighted by atomic mass is 9.73. The smallest absolute Gasteiger partial charge is 0.416 e. The normalized spacial score (nSPS) is 21.0. The number of amides is 1. The van der Waals surface area contributed by atoms with Crippen LogP contribution in [0.5, 0.6) is 5.75 Å². The Morgan fingerprint density at radius 2 is 1.90 bits per heavy atom. The maximum atomic E-state index is 13.7. The Balaban J connectivity index is 1.36. The molecule has 1 aliphatic rings. The molecule has 0 bridgehead atoms. The molecule has 0 atom stereocenters. The number of carbonyl (C=O) groups excluding carboxylic acids is 1. The van der Waals surface area contributed by atoms with Crippen LogP contribution in [0.2, 0.25) is 0 Å². The van der Waals surface area contributed by atoms with E-state index < -0.39 is 17.4 Å². The molecule has 1 heterocycles. The van der Waals surface area contributed by atoms with E-state index in [1.807, 2.05) is 6.07 Å². The van der Waals surface area contributed by atoms with Gasteiger partial charge < -0.3 is 15.0 Å². The van der Waals surface area contributed by atoms with Gasteiger partial charge in [0, 0.05) is 29.4 Å². The third-order valence-electron chi connectivity index (χ3n) is 5.57. The highest BCUT2D eigenvalue weighted by atomic mass is 19.4. The van der Waals surface area contributed by atoms with Gasteiger partial charge in [0.1, 0.15) is 11.4 Å². The molecule has 2 aromatic carbocycles. The van der Waals surface area contributed by atoms with Crippen LogP contribution in [0.3, 0.4) is 0 Å². The number of aromatic nitrogens is 1. The van der Waals surface area contributed by atoms with Crippen LogP contribution in [0.4, 0.5) is 23.2 Å². The first-order chi connectivity index (χ1) is 14.6. The van der Waals surface area contributed by atoms with Crippen LogP contribution in [-0.4, -0.2) is 23.2 Å². The molecule has 1 amide bonds. The summed E-state index contributed by atoms with van der Waals surface area (Å²) in [6.45, 7) is 1.79. The predicted molar refractivity (Wildman–Crippen MR) is 110 cm³/mol. The van der Waals surface area contributed by atoms with Crippen molar-refractivity contribution in [2.45, 2.75) is 38.0 Å². The third-order valence-corrected chi connectivity index (χ3v) is 5.57. The molecule has 4 rings (SSSR count). The number of carbonyl (C=O) groups is 1. The lowest BCUT2D eigenvalue weighted by Crippen LogP contribution is -2.43. The number of anilines is 1. The monoisotopic (exact) mass is 434 g/mol. The highest BCUT2D eigenvalue weighted by molar-refractivity contribution is 6.03. The number of alkyl halides is 4. The zero-order chi connectivity index (χ0) is 22.2. The van der Waals surface area contributed by atoms with Gasteiger partial charge in [-0.15, -0.1) is 0 Å². The molecule has 31 heavy (non-hydrogen) atoms. The number of hydrogen-bond donors (Lipinski definition) is 2. The predicted octanol–water partition coefficient (Wildman–Crippen LogP) is 5.88. The van der Waals surface area contributed by atoms with Crippen LogP contribution in [0, 0.1) is 5.92 Å². The minimum absolute atomic E-state index is 0.204. The number of H-pyrrole nitrogens is 1. The molecule has 0 spiro atoms. The second-order valence-electron chi connectivity index (χ2n) is 8.21. The molecule has 1 aromatic heterocycles. The number of nitrogens with one attached hydrogen (secondary N) is 2. The Bertz CT molecular complexity index is 1080. The second-order valence-corrected chi connectivity index (χ2v) is 8.21. The largest absolute Gasteiger partial charge is 0.493 e. The van der Waals surface area contributed by atoms with E-state index in [9.17, 15) is 22.4 Å². The molecule has 1 aliphatic carbocycles. The summed E-state index contributed by atoms with van der Waals surface area (Å²) in [5.74, 6) is 0.0438. The average molecular weight is 434 g/mol. The van der Waals surface area contributed by atoms with Gasteiger partial charge in [-0.25, -0.2) is 4.39 Å². The molecule has 3 aromatic rings. The number of benzene rings is 2. The van der Waals surface area contributed by atoms with Gasteiger partial charge >= 0.3 is 6.18 Å². The van der Waals surface area contributed by atoms with E-state index in [-0.39, 0.29) is 24.7 Å². The summed E-state index contributed by atoms with van der Waals surface area (Å²) in [4.78, 5) is 15.4. The van der Waals surface area contributed by atoms with Crippen LogP contribution in [0.15, 0.2) is 48.7 Å². The van der Waals surface area contributed by atoms with Gasteiger partial charge in [-0.3, -0.25) is 4.79 Å². The van der Waals surface area contributed by atoms with Gasteiger partial charge in [-0.05, 0) is 55.7 Å². The molecule has 1 fully saturated rings. The SMILES string of the molecule is CC1(F)CC(C(=O)Nc2c[nH]c3ccc(OCCc4ccc(C(F)(F)F)cc4)cc23)C1.